The number of hydrogen-bond acceptors (Lipinski definition) is 6. The predicted octanol–water partition coefficient (Wildman–Crippen LogP) is 4.01. The lowest BCUT2D eigenvalue weighted by Crippen LogP contribution is -2.32. The van der Waals surface area contributed by atoms with Crippen LogP contribution in [-0.4, -0.2) is 37.7 Å². The van der Waals surface area contributed by atoms with Gasteiger partial charge in [-0.3, -0.25) is 14.4 Å². The van der Waals surface area contributed by atoms with Crippen molar-refractivity contribution in [2.45, 2.75) is 6.92 Å². The Balaban J connectivity index is 1.52. The average molecular weight is 557 g/mol. The zero-order valence-corrected chi connectivity index (χ0v) is 20.9. The molecule has 11 heteroatoms. The van der Waals surface area contributed by atoms with Gasteiger partial charge in [0.1, 0.15) is 5.82 Å². The van der Waals surface area contributed by atoms with Gasteiger partial charge in [-0.2, -0.15) is 5.10 Å². The van der Waals surface area contributed by atoms with Crippen molar-refractivity contribution >= 4 is 51.2 Å². The second-order valence-electron chi connectivity index (χ2n) is 7.37. The minimum Gasteiger partial charge on any atom is -0.493 e. The number of hydrazone groups is 1. The molecule has 3 aromatic rings. The zero-order chi connectivity index (χ0) is 26.1. The number of nitrogens with one attached hydrogen (secondary N) is 3. The summed E-state index contributed by atoms with van der Waals surface area (Å²) in [6.07, 6.45) is 1.30. The number of methoxy groups -OCH3 is 1. The number of halogens is 2. The van der Waals surface area contributed by atoms with Gasteiger partial charge >= 0.3 is 11.8 Å². The molecule has 3 aromatic carbocycles. The van der Waals surface area contributed by atoms with Gasteiger partial charge in [0.25, 0.3) is 5.91 Å². The first-order valence-electron chi connectivity index (χ1n) is 10.5. The summed E-state index contributed by atoms with van der Waals surface area (Å²) in [6.45, 7) is 1.68. The molecular weight excluding hydrogens is 535 g/mol. The SMILES string of the molecule is COc1cc(/C=N\NC(=O)C(=O)Nc2ccc(F)cc2)ccc1OCC(=O)Nc1ccc(Br)c(C)c1. The summed E-state index contributed by atoms with van der Waals surface area (Å²) in [5.41, 5.74) is 4.54. The molecule has 36 heavy (non-hydrogen) atoms. The minimum atomic E-state index is -1.01. The van der Waals surface area contributed by atoms with Crippen molar-refractivity contribution in [3.63, 3.8) is 0 Å². The Labute approximate surface area is 214 Å². The lowest BCUT2D eigenvalue weighted by molar-refractivity contribution is -0.136. The van der Waals surface area contributed by atoms with E-state index in [0.29, 0.717) is 22.7 Å². The average Bonchev–Trinajstić information content (AvgIpc) is 2.86. The Morgan fingerprint density at radius 1 is 0.944 bits per heavy atom. The van der Waals surface area contributed by atoms with Gasteiger partial charge in [0.2, 0.25) is 0 Å². The molecule has 3 amide bonds. The normalized spacial score (nSPS) is 10.6. The predicted molar refractivity (Wildman–Crippen MR) is 137 cm³/mol. The van der Waals surface area contributed by atoms with E-state index in [9.17, 15) is 18.8 Å². The Morgan fingerprint density at radius 2 is 1.67 bits per heavy atom. The first-order chi connectivity index (χ1) is 17.2. The number of benzene rings is 3. The van der Waals surface area contributed by atoms with Crippen molar-refractivity contribution < 1.29 is 28.2 Å². The van der Waals surface area contributed by atoms with E-state index in [2.05, 4.69) is 37.1 Å². The Hall–Kier alpha value is -4.25. The lowest BCUT2D eigenvalue weighted by atomic mass is 10.2. The van der Waals surface area contributed by atoms with Gasteiger partial charge in [-0.25, -0.2) is 9.82 Å². The third-order valence-electron chi connectivity index (χ3n) is 4.68. The third kappa shape index (κ3) is 7.64. The highest BCUT2D eigenvalue weighted by molar-refractivity contribution is 9.10. The maximum Gasteiger partial charge on any atom is 0.329 e. The van der Waals surface area contributed by atoms with Crippen LogP contribution in [0.2, 0.25) is 0 Å². The molecule has 0 heterocycles. The Morgan fingerprint density at radius 3 is 2.36 bits per heavy atom. The molecule has 3 N–H and O–H groups in total. The fourth-order valence-electron chi connectivity index (χ4n) is 2.88. The fraction of sp³-hybridized carbons (Fsp3) is 0.120. The van der Waals surface area contributed by atoms with Gasteiger partial charge in [0.05, 0.1) is 13.3 Å². The molecule has 0 fully saturated rings. The van der Waals surface area contributed by atoms with Crippen LogP contribution in [-0.2, 0) is 14.4 Å². The maximum atomic E-state index is 12.9. The van der Waals surface area contributed by atoms with Gasteiger partial charge in [-0.1, -0.05) is 15.9 Å². The summed E-state index contributed by atoms with van der Waals surface area (Å²) in [5, 5.41) is 8.83. The number of aryl methyl sites for hydroxylation is 1. The third-order valence-corrected chi connectivity index (χ3v) is 5.57. The van der Waals surface area contributed by atoms with Crippen molar-refractivity contribution in [1.29, 1.82) is 0 Å². The van der Waals surface area contributed by atoms with E-state index in [-0.39, 0.29) is 18.2 Å². The first-order valence-corrected chi connectivity index (χ1v) is 11.3. The number of hydrogen-bond donors (Lipinski definition) is 3. The van der Waals surface area contributed by atoms with Gasteiger partial charge in [0.15, 0.2) is 18.1 Å². The lowest BCUT2D eigenvalue weighted by Gasteiger charge is -2.12. The quantitative estimate of drug-likeness (QED) is 0.220. The summed E-state index contributed by atoms with van der Waals surface area (Å²) in [4.78, 5) is 36.0. The van der Waals surface area contributed by atoms with E-state index in [1.54, 1.807) is 24.3 Å². The molecule has 0 atom stereocenters. The van der Waals surface area contributed by atoms with Crippen molar-refractivity contribution in [3.8, 4) is 11.5 Å². The maximum absolute atomic E-state index is 12.9. The Bertz CT molecular complexity index is 1300. The van der Waals surface area contributed by atoms with Crippen LogP contribution >= 0.6 is 15.9 Å². The monoisotopic (exact) mass is 556 g/mol. The van der Waals surface area contributed by atoms with E-state index >= 15 is 0 Å². The van der Waals surface area contributed by atoms with Crippen molar-refractivity contribution in [1.82, 2.24) is 5.43 Å². The fourth-order valence-corrected chi connectivity index (χ4v) is 3.13. The number of nitrogens with zero attached hydrogens (tertiary/aromatic N) is 1. The number of rotatable bonds is 8. The number of anilines is 2. The molecule has 0 aliphatic heterocycles. The van der Waals surface area contributed by atoms with Gasteiger partial charge in [-0.05, 0) is 78.7 Å². The van der Waals surface area contributed by atoms with Gasteiger partial charge < -0.3 is 20.1 Å². The van der Waals surface area contributed by atoms with Crippen LogP contribution in [0, 0.1) is 12.7 Å². The van der Waals surface area contributed by atoms with Crippen LogP contribution in [0.5, 0.6) is 11.5 Å². The largest absolute Gasteiger partial charge is 0.493 e. The molecule has 0 saturated carbocycles. The topological polar surface area (TPSA) is 118 Å². The van der Waals surface area contributed by atoms with E-state index < -0.39 is 17.6 Å². The number of carbonyl (C=O) groups excluding carboxylic acids is 3. The summed E-state index contributed by atoms with van der Waals surface area (Å²) < 4.78 is 24.7. The van der Waals surface area contributed by atoms with Crippen molar-refractivity contribution in [3.05, 3.63) is 82.1 Å². The van der Waals surface area contributed by atoms with E-state index in [4.69, 9.17) is 9.47 Å². The molecular formula is C25H22BrFN4O5. The zero-order valence-electron chi connectivity index (χ0n) is 19.3. The summed E-state index contributed by atoms with van der Waals surface area (Å²) in [6, 6.07) is 15.2. The molecule has 9 nitrogen and oxygen atoms in total. The number of ether oxygens (including phenoxy) is 2. The Kier molecular flexibility index (Phi) is 9.12. The standard InChI is InChI=1S/C25H22BrFN4O5/c1-15-11-19(8-9-20(15)26)29-23(32)14-36-21-10-3-16(12-22(21)35-2)13-28-31-25(34)24(33)30-18-6-4-17(27)5-7-18/h3-13H,14H2,1-2H3,(H,29,32)(H,30,33)(H,31,34)/b28-13-. The second-order valence-corrected chi connectivity index (χ2v) is 8.23. The van der Waals surface area contributed by atoms with Crippen LogP contribution in [0.15, 0.2) is 70.2 Å². The van der Waals surface area contributed by atoms with Crippen molar-refractivity contribution in [2.75, 3.05) is 24.4 Å². The molecule has 0 bridgehead atoms. The van der Waals surface area contributed by atoms with Crippen LogP contribution in [0.25, 0.3) is 0 Å². The van der Waals surface area contributed by atoms with Crippen molar-refractivity contribution in [2.24, 2.45) is 5.10 Å². The molecule has 0 spiro atoms. The van der Waals surface area contributed by atoms with Crippen LogP contribution in [0.1, 0.15) is 11.1 Å². The molecule has 0 aliphatic rings. The first kappa shape index (κ1) is 26.4. The van der Waals surface area contributed by atoms with Gasteiger partial charge in [0, 0.05) is 15.8 Å². The second kappa shape index (κ2) is 12.5. The van der Waals surface area contributed by atoms with Crippen LogP contribution in [0.3, 0.4) is 0 Å². The highest BCUT2D eigenvalue weighted by Crippen LogP contribution is 2.27. The number of carbonyl (C=O) groups is 3. The smallest absolute Gasteiger partial charge is 0.329 e. The summed E-state index contributed by atoms with van der Waals surface area (Å²) >= 11 is 3.41. The van der Waals surface area contributed by atoms with E-state index in [0.717, 1.165) is 22.2 Å². The molecule has 0 aromatic heterocycles. The molecule has 0 unspecified atom stereocenters. The molecule has 0 aliphatic carbocycles. The highest BCUT2D eigenvalue weighted by atomic mass is 79.9. The summed E-state index contributed by atoms with van der Waals surface area (Å²) in [7, 11) is 1.44. The van der Waals surface area contributed by atoms with Crippen LogP contribution < -0.4 is 25.5 Å². The highest BCUT2D eigenvalue weighted by Gasteiger charge is 2.13. The molecule has 3 rings (SSSR count). The molecule has 0 radical (unpaired) electrons. The van der Waals surface area contributed by atoms with E-state index in [1.807, 2.05) is 19.1 Å². The van der Waals surface area contributed by atoms with Gasteiger partial charge in [-0.15, -0.1) is 0 Å². The van der Waals surface area contributed by atoms with E-state index in [1.165, 1.54) is 25.5 Å². The molecule has 0 saturated heterocycles. The summed E-state index contributed by atoms with van der Waals surface area (Å²) in [5.74, 6) is -2.10. The van der Waals surface area contributed by atoms with Crippen LogP contribution in [0.4, 0.5) is 15.8 Å². The molecule has 186 valence electrons. The number of amides is 3. The minimum absolute atomic E-state index is 0.238.